The van der Waals surface area contributed by atoms with Gasteiger partial charge < -0.3 is 0 Å². The van der Waals surface area contributed by atoms with E-state index in [1.807, 2.05) is 32.0 Å². The van der Waals surface area contributed by atoms with E-state index < -0.39 is 11.6 Å². The van der Waals surface area contributed by atoms with Crippen molar-refractivity contribution in [3.05, 3.63) is 64.7 Å². The number of nitrogens with zero attached hydrogens (tertiary/aromatic N) is 1. The molecule has 1 saturated heterocycles. The number of carbonyl (C=O) groups is 1. The molecule has 114 valence electrons. The highest BCUT2D eigenvalue weighted by atomic mass is 32.2. The fourth-order valence-electron chi connectivity index (χ4n) is 2.49. The Bertz CT molecular complexity index is 747. The Morgan fingerprint density at radius 3 is 2.50 bits per heavy atom. The molecule has 0 aliphatic carbocycles. The Labute approximate surface area is 132 Å². The van der Waals surface area contributed by atoms with Crippen LogP contribution in [0.25, 0.3) is 0 Å². The lowest BCUT2D eigenvalue weighted by Gasteiger charge is -2.25. The molecule has 1 fully saturated rings. The number of halogens is 2. The molecule has 0 saturated carbocycles. The molecule has 2 nitrogen and oxygen atoms in total. The summed E-state index contributed by atoms with van der Waals surface area (Å²) in [6.07, 6.45) is 0. The van der Waals surface area contributed by atoms with Gasteiger partial charge in [0.15, 0.2) is 11.6 Å². The molecular weight excluding hydrogens is 304 g/mol. The third-order valence-electron chi connectivity index (χ3n) is 3.87. The number of anilines is 1. The van der Waals surface area contributed by atoms with Gasteiger partial charge in [0.1, 0.15) is 5.37 Å². The van der Waals surface area contributed by atoms with Crippen molar-refractivity contribution in [1.29, 1.82) is 0 Å². The van der Waals surface area contributed by atoms with Crippen LogP contribution in [0.4, 0.5) is 14.5 Å². The zero-order valence-corrected chi connectivity index (χ0v) is 13.1. The molecule has 0 spiro atoms. The van der Waals surface area contributed by atoms with Crippen LogP contribution in [0.3, 0.4) is 0 Å². The second kappa shape index (κ2) is 5.72. The van der Waals surface area contributed by atoms with Gasteiger partial charge in [-0.2, -0.15) is 0 Å². The summed E-state index contributed by atoms with van der Waals surface area (Å²) in [6.45, 7) is 3.99. The number of hydrogen-bond donors (Lipinski definition) is 0. The van der Waals surface area contributed by atoms with Crippen LogP contribution in [0, 0.1) is 25.5 Å². The van der Waals surface area contributed by atoms with Gasteiger partial charge in [-0.15, -0.1) is 11.8 Å². The lowest BCUT2D eigenvalue weighted by Crippen LogP contribution is -2.28. The average Bonchev–Trinajstić information content (AvgIpc) is 2.87. The summed E-state index contributed by atoms with van der Waals surface area (Å²) < 4.78 is 26.6. The maximum Gasteiger partial charge on any atom is 0.238 e. The van der Waals surface area contributed by atoms with Crippen molar-refractivity contribution < 1.29 is 13.6 Å². The first-order valence-electron chi connectivity index (χ1n) is 6.93. The number of thioether (sulfide) groups is 1. The van der Waals surface area contributed by atoms with Gasteiger partial charge in [0.25, 0.3) is 0 Å². The van der Waals surface area contributed by atoms with Gasteiger partial charge in [-0.25, -0.2) is 8.78 Å². The summed E-state index contributed by atoms with van der Waals surface area (Å²) in [6, 6.07) is 9.60. The van der Waals surface area contributed by atoms with Crippen molar-refractivity contribution in [3.63, 3.8) is 0 Å². The Hall–Kier alpha value is -1.88. The predicted octanol–water partition coefficient (Wildman–Crippen LogP) is 4.36. The SMILES string of the molecule is Cc1ccc(N2C(=O)CS[C@@H]2c2ccc(F)c(F)c2)cc1C. The number of hydrogen-bond acceptors (Lipinski definition) is 2. The minimum absolute atomic E-state index is 0.0250. The molecule has 0 N–H and O–H groups in total. The van der Waals surface area contributed by atoms with Crippen LogP contribution in [0.2, 0.25) is 0 Å². The van der Waals surface area contributed by atoms with E-state index in [2.05, 4.69) is 0 Å². The highest BCUT2D eigenvalue weighted by Gasteiger charge is 2.34. The molecule has 1 heterocycles. The number of carbonyl (C=O) groups excluding carboxylic acids is 1. The predicted molar refractivity (Wildman–Crippen MR) is 85.0 cm³/mol. The summed E-state index contributed by atoms with van der Waals surface area (Å²) in [4.78, 5) is 13.9. The average molecular weight is 319 g/mol. The van der Waals surface area contributed by atoms with Crippen LogP contribution in [0.15, 0.2) is 36.4 Å². The Morgan fingerprint density at radius 2 is 1.82 bits per heavy atom. The minimum atomic E-state index is -0.891. The fourth-order valence-corrected chi connectivity index (χ4v) is 3.66. The maximum atomic E-state index is 13.5. The van der Waals surface area contributed by atoms with E-state index in [9.17, 15) is 13.6 Å². The summed E-state index contributed by atoms with van der Waals surface area (Å²) in [5.74, 6) is -1.47. The second-order valence-corrected chi connectivity index (χ2v) is 6.44. The molecule has 0 aromatic heterocycles. The standard InChI is InChI=1S/C17H15F2NOS/c1-10-3-5-13(7-11(10)2)20-16(21)9-22-17(20)12-4-6-14(18)15(19)8-12/h3-8,17H,9H2,1-2H3/t17-/m1/s1. The van der Waals surface area contributed by atoms with Crippen LogP contribution in [0.5, 0.6) is 0 Å². The number of aryl methyl sites for hydroxylation is 2. The Morgan fingerprint density at radius 1 is 1.05 bits per heavy atom. The van der Waals surface area contributed by atoms with Crippen molar-refractivity contribution in [1.82, 2.24) is 0 Å². The van der Waals surface area contributed by atoms with E-state index >= 15 is 0 Å². The second-order valence-electron chi connectivity index (χ2n) is 5.37. The van der Waals surface area contributed by atoms with Crippen LogP contribution in [0.1, 0.15) is 22.1 Å². The van der Waals surface area contributed by atoms with Crippen molar-refractivity contribution in [3.8, 4) is 0 Å². The van der Waals surface area contributed by atoms with Gasteiger partial charge >= 0.3 is 0 Å². The number of amides is 1. The molecule has 1 atom stereocenters. The number of benzene rings is 2. The van der Waals surface area contributed by atoms with E-state index in [0.29, 0.717) is 11.3 Å². The molecule has 3 rings (SSSR count). The van der Waals surface area contributed by atoms with Crippen molar-refractivity contribution in [2.75, 3.05) is 10.7 Å². The van der Waals surface area contributed by atoms with Crippen molar-refractivity contribution in [2.45, 2.75) is 19.2 Å². The molecule has 1 aliphatic heterocycles. The van der Waals surface area contributed by atoms with Crippen LogP contribution >= 0.6 is 11.8 Å². The van der Waals surface area contributed by atoms with E-state index in [1.54, 1.807) is 4.90 Å². The normalized spacial score (nSPS) is 18.1. The Balaban J connectivity index is 2.01. The van der Waals surface area contributed by atoms with E-state index in [-0.39, 0.29) is 11.3 Å². The van der Waals surface area contributed by atoms with Crippen molar-refractivity contribution in [2.24, 2.45) is 0 Å². The highest BCUT2D eigenvalue weighted by Crippen LogP contribution is 2.42. The number of rotatable bonds is 2. The molecule has 0 bridgehead atoms. The minimum Gasteiger partial charge on any atom is -0.295 e. The zero-order valence-electron chi connectivity index (χ0n) is 12.3. The monoisotopic (exact) mass is 319 g/mol. The van der Waals surface area contributed by atoms with Gasteiger partial charge in [-0.3, -0.25) is 9.69 Å². The van der Waals surface area contributed by atoms with Gasteiger partial charge in [-0.05, 0) is 54.8 Å². The van der Waals surface area contributed by atoms with Crippen LogP contribution in [-0.4, -0.2) is 11.7 Å². The third kappa shape index (κ3) is 2.61. The largest absolute Gasteiger partial charge is 0.295 e. The lowest BCUT2D eigenvalue weighted by atomic mass is 10.1. The molecule has 22 heavy (non-hydrogen) atoms. The molecule has 1 amide bonds. The zero-order chi connectivity index (χ0) is 15.9. The van der Waals surface area contributed by atoms with Gasteiger partial charge in [-0.1, -0.05) is 12.1 Å². The van der Waals surface area contributed by atoms with E-state index in [0.717, 1.165) is 22.9 Å². The smallest absolute Gasteiger partial charge is 0.238 e. The first kappa shape index (κ1) is 15.0. The van der Waals surface area contributed by atoms with E-state index in [4.69, 9.17) is 0 Å². The van der Waals surface area contributed by atoms with Crippen LogP contribution < -0.4 is 4.90 Å². The molecular formula is C17H15F2NOS. The first-order valence-corrected chi connectivity index (χ1v) is 7.98. The molecule has 5 heteroatoms. The maximum absolute atomic E-state index is 13.5. The van der Waals surface area contributed by atoms with Crippen molar-refractivity contribution >= 4 is 23.4 Å². The lowest BCUT2D eigenvalue weighted by molar-refractivity contribution is -0.115. The topological polar surface area (TPSA) is 20.3 Å². The summed E-state index contributed by atoms with van der Waals surface area (Å²) in [5, 5.41) is -0.329. The highest BCUT2D eigenvalue weighted by molar-refractivity contribution is 8.00. The quantitative estimate of drug-likeness (QED) is 0.820. The summed E-state index contributed by atoms with van der Waals surface area (Å²) in [7, 11) is 0. The van der Waals surface area contributed by atoms with Gasteiger partial charge in [0.05, 0.1) is 5.75 Å². The molecule has 2 aromatic carbocycles. The molecule has 1 aliphatic rings. The third-order valence-corrected chi connectivity index (χ3v) is 5.08. The summed E-state index contributed by atoms with van der Waals surface area (Å²) in [5.41, 5.74) is 3.61. The van der Waals surface area contributed by atoms with Crippen LogP contribution in [-0.2, 0) is 4.79 Å². The summed E-state index contributed by atoms with van der Waals surface area (Å²) >= 11 is 1.42. The fraction of sp³-hybridized carbons (Fsp3) is 0.235. The Kier molecular flexibility index (Phi) is 3.91. The molecule has 0 radical (unpaired) electrons. The van der Waals surface area contributed by atoms with E-state index in [1.165, 1.54) is 23.9 Å². The first-order chi connectivity index (χ1) is 10.5. The van der Waals surface area contributed by atoms with Gasteiger partial charge in [0.2, 0.25) is 5.91 Å². The molecule has 2 aromatic rings. The molecule has 0 unspecified atom stereocenters. The van der Waals surface area contributed by atoms with Gasteiger partial charge in [0, 0.05) is 5.69 Å².